The topological polar surface area (TPSA) is 44.7 Å². The monoisotopic (exact) mass is 592 g/mol. The molecule has 5 rings (SSSR count). The van der Waals surface area contributed by atoms with Crippen LogP contribution in [0.15, 0.2) is 56.9 Å². The highest BCUT2D eigenvalue weighted by Crippen LogP contribution is 2.49. The molecule has 7 heteroatoms. The maximum Gasteiger partial charge on any atom is 0.453 e. The summed E-state index contributed by atoms with van der Waals surface area (Å²) in [4.78, 5) is 0. The molecule has 0 aliphatic rings. The molecular weight excluding hydrogens is 558 g/mol. The van der Waals surface area contributed by atoms with E-state index in [-0.39, 0.29) is 0 Å². The van der Waals surface area contributed by atoms with E-state index in [1.54, 1.807) is 0 Å². The van der Waals surface area contributed by atoms with Crippen molar-refractivity contribution in [3.05, 3.63) is 93.0 Å². The van der Waals surface area contributed by atoms with Crippen molar-refractivity contribution in [2.24, 2.45) is 0 Å². The fourth-order valence-corrected chi connectivity index (χ4v) is 7.49. The van der Waals surface area contributed by atoms with Crippen LogP contribution in [0.25, 0.3) is 33.1 Å². The van der Waals surface area contributed by atoms with Crippen molar-refractivity contribution in [1.29, 1.82) is 0 Å². The Kier molecular flexibility index (Phi) is 7.99. The fourth-order valence-electron chi connectivity index (χ4n) is 5.51. The quantitative estimate of drug-likeness (QED) is 0.190. The van der Waals surface area contributed by atoms with Crippen LogP contribution in [0.5, 0.6) is 11.5 Å². The van der Waals surface area contributed by atoms with Crippen molar-refractivity contribution in [1.82, 2.24) is 0 Å². The molecule has 0 spiro atoms. The molecule has 0 aliphatic heterocycles. The Bertz CT molecular complexity index is 1750. The lowest BCUT2D eigenvalue weighted by Crippen LogP contribution is -1.96. The molecule has 0 bridgehead atoms. The average molecular weight is 593 g/mol. The molecule has 0 radical (unpaired) electrons. The van der Waals surface area contributed by atoms with E-state index in [1.807, 2.05) is 6.66 Å². The highest BCUT2D eigenvalue weighted by atomic mass is 35.7. The molecule has 0 amide bonds. The molecule has 0 N–H and O–H groups in total. The van der Waals surface area contributed by atoms with E-state index in [9.17, 15) is 0 Å². The molecule has 1 heterocycles. The van der Waals surface area contributed by atoms with Gasteiger partial charge >= 0.3 is 8.24 Å². The number of halogens is 1. The highest BCUT2D eigenvalue weighted by molar-refractivity contribution is 7.79. The third kappa shape index (κ3) is 5.64. The van der Waals surface area contributed by atoms with Crippen molar-refractivity contribution in [3.8, 4) is 22.6 Å². The highest BCUT2D eigenvalue weighted by Gasteiger charge is 2.21. The molecule has 4 nitrogen and oxygen atoms in total. The van der Waals surface area contributed by atoms with Gasteiger partial charge < -0.3 is 17.4 Å². The summed E-state index contributed by atoms with van der Waals surface area (Å²) in [7, 11) is -2.98. The second-order valence-electron chi connectivity index (χ2n) is 10.8. The minimum Gasteiger partial charge on any atom is -0.457 e. The van der Waals surface area contributed by atoms with Crippen LogP contribution in [0.3, 0.4) is 0 Å². The van der Waals surface area contributed by atoms with E-state index < -0.39 is 15.7 Å². The first kappa shape index (κ1) is 28.6. The summed E-state index contributed by atoms with van der Waals surface area (Å²) in [6.07, 6.45) is 0. The van der Waals surface area contributed by atoms with Crippen LogP contribution >= 0.6 is 27.0 Å². The van der Waals surface area contributed by atoms with Crippen LogP contribution in [0.2, 0.25) is 0 Å². The summed E-state index contributed by atoms with van der Waals surface area (Å²) < 4.78 is 26.2. The van der Waals surface area contributed by atoms with Crippen LogP contribution in [0, 0.1) is 55.4 Å². The Hall–Kier alpha value is -2.90. The van der Waals surface area contributed by atoms with Gasteiger partial charge in [-0.2, -0.15) is 0 Å². The zero-order valence-electron chi connectivity index (χ0n) is 24.5. The molecule has 208 valence electrons. The Morgan fingerprint density at radius 2 is 0.975 bits per heavy atom. The van der Waals surface area contributed by atoms with Gasteiger partial charge in [0.15, 0.2) is 7.50 Å². The lowest BCUT2D eigenvalue weighted by Gasteiger charge is -2.19. The first-order valence-corrected chi connectivity index (χ1v) is 17.0. The van der Waals surface area contributed by atoms with Gasteiger partial charge in [-0.05, 0) is 124 Å². The third-order valence-corrected chi connectivity index (χ3v) is 8.61. The van der Waals surface area contributed by atoms with Crippen molar-refractivity contribution in [3.63, 3.8) is 0 Å². The van der Waals surface area contributed by atoms with Gasteiger partial charge in [0, 0.05) is 28.6 Å². The van der Waals surface area contributed by atoms with E-state index in [1.165, 1.54) is 11.1 Å². The number of hydrogen-bond donors (Lipinski definition) is 0. The first-order valence-electron chi connectivity index (χ1n) is 13.3. The fraction of sp³-hybridized carbons (Fsp3) is 0.273. The summed E-state index contributed by atoms with van der Waals surface area (Å²) in [6.45, 7) is 18.5. The molecule has 40 heavy (non-hydrogen) atoms. The third-order valence-electron chi connectivity index (χ3n) is 6.97. The first-order chi connectivity index (χ1) is 18.9. The SMILES string of the molecule is Cc1cc(C)c(OP(C)Cl)c(-c2cc(C)cc(C)c2Op2oc3c(C)cc(C)cc3c3cc(C)cc(C)c3o2)c1. The molecule has 5 aromatic rings. The summed E-state index contributed by atoms with van der Waals surface area (Å²) in [5.41, 5.74) is 12.2. The lowest BCUT2D eigenvalue weighted by atomic mass is 9.95. The number of rotatable bonds is 5. The van der Waals surface area contributed by atoms with E-state index in [2.05, 4.69) is 104 Å². The smallest absolute Gasteiger partial charge is 0.453 e. The second kappa shape index (κ2) is 11.2. The molecule has 0 aliphatic carbocycles. The molecule has 1 aromatic heterocycles. The Morgan fingerprint density at radius 1 is 0.575 bits per heavy atom. The maximum absolute atomic E-state index is 6.77. The lowest BCUT2D eigenvalue weighted by molar-refractivity contribution is 0.495. The number of fused-ring (bicyclic) bond motifs is 3. The average Bonchev–Trinajstić information content (AvgIpc) is 2.99. The molecule has 0 saturated carbocycles. The molecule has 0 saturated heterocycles. The predicted octanol–water partition coefficient (Wildman–Crippen LogP) is 11.8. The van der Waals surface area contributed by atoms with Gasteiger partial charge in [0.25, 0.3) is 0 Å². The largest absolute Gasteiger partial charge is 0.457 e. The molecule has 4 aromatic carbocycles. The standard InChI is InChI=1S/C33H35ClO4P2/c1-18-10-22(5)30(35-39(9)34)26(14-18)27-15-19(2)11-23(6)31(27)36-40-37-32-24(7)12-20(3)16-28(32)29-17-21(4)13-25(8)33(29)38-40/h10-17H,1-9H3. The van der Waals surface area contributed by atoms with Gasteiger partial charge in [0.05, 0.1) is 0 Å². The van der Waals surface area contributed by atoms with Crippen LogP contribution < -0.4 is 9.05 Å². The zero-order chi connectivity index (χ0) is 28.9. The van der Waals surface area contributed by atoms with Crippen LogP contribution in [-0.4, -0.2) is 6.66 Å². The maximum atomic E-state index is 6.77. The summed E-state index contributed by atoms with van der Waals surface area (Å²) in [5.74, 6) is 1.48. The molecular formula is C33H35ClO4P2. The Balaban J connectivity index is 1.81. The van der Waals surface area contributed by atoms with Crippen molar-refractivity contribution >= 4 is 48.9 Å². The molecule has 0 fully saturated rings. The predicted molar refractivity (Wildman–Crippen MR) is 171 cm³/mol. The van der Waals surface area contributed by atoms with E-state index in [0.717, 1.165) is 72.2 Å². The molecule has 1 unspecified atom stereocenters. The summed E-state index contributed by atoms with van der Waals surface area (Å²) >= 11 is 6.38. The van der Waals surface area contributed by atoms with Gasteiger partial charge in [-0.15, -0.1) is 0 Å². The zero-order valence-corrected chi connectivity index (χ0v) is 27.1. The van der Waals surface area contributed by atoms with Gasteiger partial charge in [-0.3, -0.25) is 0 Å². The second-order valence-corrected chi connectivity index (χ2v) is 14.3. The van der Waals surface area contributed by atoms with E-state index >= 15 is 0 Å². The van der Waals surface area contributed by atoms with Crippen LogP contribution in [0.1, 0.15) is 44.5 Å². The van der Waals surface area contributed by atoms with E-state index in [4.69, 9.17) is 28.7 Å². The van der Waals surface area contributed by atoms with Gasteiger partial charge in [0.2, 0.25) is 0 Å². The molecule has 1 atom stereocenters. The summed E-state index contributed by atoms with van der Waals surface area (Å²) in [6, 6.07) is 17.1. The van der Waals surface area contributed by atoms with Crippen LogP contribution in [0.4, 0.5) is 0 Å². The number of hydrogen-bond acceptors (Lipinski definition) is 4. The number of benzene rings is 4. The minimum absolute atomic E-state index is 0.709. The van der Waals surface area contributed by atoms with Gasteiger partial charge in [-0.25, -0.2) is 0 Å². The van der Waals surface area contributed by atoms with Crippen molar-refractivity contribution in [2.45, 2.75) is 55.4 Å². The van der Waals surface area contributed by atoms with Crippen molar-refractivity contribution in [2.75, 3.05) is 6.66 Å². The van der Waals surface area contributed by atoms with Gasteiger partial charge in [0.1, 0.15) is 22.7 Å². The van der Waals surface area contributed by atoms with Crippen LogP contribution in [-0.2, 0) is 0 Å². The van der Waals surface area contributed by atoms with Gasteiger partial charge in [-0.1, -0.05) is 35.5 Å². The Morgan fingerprint density at radius 3 is 1.45 bits per heavy atom. The minimum atomic E-state index is -1.84. The van der Waals surface area contributed by atoms with E-state index in [0.29, 0.717) is 5.75 Å². The number of aryl methyl sites for hydroxylation is 8. The normalized spacial score (nSPS) is 12.2. The Labute approximate surface area is 243 Å². The summed E-state index contributed by atoms with van der Waals surface area (Å²) in [5, 5.41) is 2.05. The van der Waals surface area contributed by atoms with Crippen molar-refractivity contribution < 1.29 is 17.4 Å².